The first-order chi connectivity index (χ1) is 16.4. The molecule has 0 spiro atoms. The van der Waals surface area contributed by atoms with E-state index in [0.29, 0.717) is 23.6 Å². The first kappa shape index (κ1) is 21.3. The van der Waals surface area contributed by atoms with E-state index in [2.05, 4.69) is 20.4 Å². The van der Waals surface area contributed by atoms with Crippen LogP contribution in [0, 0.1) is 13.8 Å². The van der Waals surface area contributed by atoms with Crippen molar-refractivity contribution in [3.63, 3.8) is 0 Å². The second-order valence-corrected chi connectivity index (χ2v) is 8.03. The van der Waals surface area contributed by atoms with Crippen LogP contribution < -0.4 is 11.1 Å². The molecule has 0 aliphatic rings. The van der Waals surface area contributed by atoms with Crippen LogP contribution in [0.3, 0.4) is 0 Å². The molecule has 0 bridgehead atoms. The van der Waals surface area contributed by atoms with E-state index in [9.17, 15) is 9.59 Å². The predicted molar refractivity (Wildman–Crippen MR) is 127 cm³/mol. The molecule has 3 N–H and O–H groups in total. The van der Waals surface area contributed by atoms with E-state index < -0.39 is 5.91 Å². The summed E-state index contributed by atoms with van der Waals surface area (Å²) in [7, 11) is 0. The van der Waals surface area contributed by atoms with E-state index in [-0.39, 0.29) is 17.9 Å². The standard InChI is InChI=1S/C25H22N6O3/c1-14-18(15(2)31-24(28-14)19(13-27-31)23(26)33)11-12-22(32)29-17-9-7-16(8-10-17)25-30-20-5-3-4-6-21(20)34-25/h3-10,13H,11-12H2,1-2H3,(H2,26,33)(H,29,32). The first-order valence-electron chi connectivity index (χ1n) is 10.8. The fraction of sp³-hybridized carbons (Fsp3) is 0.160. The molecule has 5 rings (SSSR count). The number of carbonyl (C=O) groups is 2. The van der Waals surface area contributed by atoms with E-state index in [0.717, 1.165) is 33.6 Å². The number of rotatable bonds is 6. The fourth-order valence-corrected chi connectivity index (χ4v) is 4.00. The van der Waals surface area contributed by atoms with Gasteiger partial charge in [-0.15, -0.1) is 0 Å². The number of aryl methyl sites for hydroxylation is 2. The number of nitrogens with one attached hydrogen (secondary N) is 1. The topological polar surface area (TPSA) is 128 Å². The monoisotopic (exact) mass is 454 g/mol. The van der Waals surface area contributed by atoms with Crippen LogP contribution in [0.25, 0.3) is 28.2 Å². The Morgan fingerprint density at radius 1 is 1.06 bits per heavy atom. The van der Waals surface area contributed by atoms with Crippen LogP contribution in [0.2, 0.25) is 0 Å². The summed E-state index contributed by atoms with van der Waals surface area (Å²) in [6, 6.07) is 15.0. The van der Waals surface area contributed by atoms with Crippen molar-refractivity contribution in [1.82, 2.24) is 19.6 Å². The SMILES string of the molecule is Cc1nc2c(C(N)=O)cnn2c(C)c1CCC(=O)Nc1ccc(-c2nc3ccccc3o2)cc1. The van der Waals surface area contributed by atoms with E-state index in [1.165, 1.54) is 6.20 Å². The van der Waals surface area contributed by atoms with Crippen molar-refractivity contribution >= 4 is 34.2 Å². The van der Waals surface area contributed by atoms with Crippen LogP contribution in [0.1, 0.15) is 33.7 Å². The maximum absolute atomic E-state index is 12.6. The quantitative estimate of drug-likeness (QED) is 0.401. The summed E-state index contributed by atoms with van der Waals surface area (Å²) < 4.78 is 7.38. The Labute approximate surface area is 194 Å². The summed E-state index contributed by atoms with van der Waals surface area (Å²) in [6.45, 7) is 3.74. The lowest BCUT2D eigenvalue weighted by atomic mass is 10.1. The number of oxazole rings is 1. The van der Waals surface area contributed by atoms with Crippen LogP contribution in [0.15, 0.2) is 59.1 Å². The van der Waals surface area contributed by atoms with Crippen molar-refractivity contribution in [3.8, 4) is 11.5 Å². The summed E-state index contributed by atoms with van der Waals surface area (Å²) in [5.41, 5.74) is 11.6. The number of nitrogens with zero attached hydrogens (tertiary/aromatic N) is 4. The highest BCUT2D eigenvalue weighted by atomic mass is 16.3. The van der Waals surface area contributed by atoms with E-state index in [4.69, 9.17) is 10.2 Å². The third kappa shape index (κ3) is 3.88. The average molecular weight is 454 g/mol. The predicted octanol–water partition coefficient (Wildman–Crippen LogP) is 3.82. The molecule has 2 aromatic carbocycles. The Morgan fingerprint density at radius 3 is 2.56 bits per heavy atom. The Morgan fingerprint density at radius 2 is 1.82 bits per heavy atom. The van der Waals surface area contributed by atoms with Crippen molar-refractivity contribution in [2.24, 2.45) is 5.73 Å². The van der Waals surface area contributed by atoms with Gasteiger partial charge in [0.25, 0.3) is 5.91 Å². The highest BCUT2D eigenvalue weighted by molar-refractivity contribution is 5.98. The highest BCUT2D eigenvalue weighted by Crippen LogP contribution is 2.25. The third-order valence-electron chi connectivity index (χ3n) is 5.79. The van der Waals surface area contributed by atoms with Crippen molar-refractivity contribution in [3.05, 3.63) is 77.2 Å². The zero-order valence-corrected chi connectivity index (χ0v) is 18.7. The van der Waals surface area contributed by atoms with Crippen LogP contribution in [0.5, 0.6) is 0 Å². The molecule has 0 aliphatic heterocycles. The summed E-state index contributed by atoms with van der Waals surface area (Å²) in [6.07, 6.45) is 2.17. The number of nitrogens with two attached hydrogens (primary N) is 1. The smallest absolute Gasteiger partial charge is 0.254 e. The van der Waals surface area contributed by atoms with E-state index >= 15 is 0 Å². The van der Waals surface area contributed by atoms with Crippen molar-refractivity contribution in [2.45, 2.75) is 26.7 Å². The van der Waals surface area contributed by atoms with Gasteiger partial charge in [-0.2, -0.15) is 5.10 Å². The number of fused-ring (bicyclic) bond motifs is 2. The second kappa shape index (κ2) is 8.43. The lowest BCUT2D eigenvalue weighted by Crippen LogP contribution is -2.15. The molecule has 34 heavy (non-hydrogen) atoms. The van der Waals surface area contributed by atoms with Crippen LogP contribution in [0.4, 0.5) is 5.69 Å². The van der Waals surface area contributed by atoms with Crippen molar-refractivity contribution in [2.75, 3.05) is 5.32 Å². The van der Waals surface area contributed by atoms with Crippen LogP contribution >= 0.6 is 0 Å². The molecule has 170 valence electrons. The van der Waals surface area contributed by atoms with E-state index in [1.807, 2.05) is 62.4 Å². The maximum Gasteiger partial charge on any atom is 0.254 e. The molecule has 0 atom stereocenters. The zero-order chi connectivity index (χ0) is 23.8. The number of anilines is 1. The van der Waals surface area contributed by atoms with Gasteiger partial charge in [0.05, 0.1) is 6.20 Å². The average Bonchev–Trinajstić information content (AvgIpc) is 3.44. The van der Waals surface area contributed by atoms with E-state index in [1.54, 1.807) is 4.52 Å². The summed E-state index contributed by atoms with van der Waals surface area (Å²) in [4.78, 5) is 33.2. The van der Waals surface area contributed by atoms with Gasteiger partial charge in [0.1, 0.15) is 11.1 Å². The molecule has 0 saturated heterocycles. The normalized spacial score (nSPS) is 11.2. The Balaban J connectivity index is 1.26. The molecule has 3 aromatic heterocycles. The number of benzene rings is 2. The molecular formula is C25H22N6O3. The first-order valence-corrected chi connectivity index (χ1v) is 10.8. The number of amides is 2. The Kier molecular flexibility index (Phi) is 5.29. The minimum Gasteiger partial charge on any atom is -0.436 e. The molecule has 9 heteroatoms. The number of aromatic nitrogens is 4. The van der Waals surface area contributed by atoms with Crippen molar-refractivity contribution in [1.29, 1.82) is 0 Å². The fourth-order valence-electron chi connectivity index (χ4n) is 4.00. The molecule has 9 nitrogen and oxygen atoms in total. The molecule has 0 radical (unpaired) electrons. The molecular weight excluding hydrogens is 432 g/mol. The Hall–Kier alpha value is -4.53. The minimum absolute atomic E-state index is 0.119. The number of hydrogen-bond acceptors (Lipinski definition) is 6. The number of primary amides is 1. The highest BCUT2D eigenvalue weighted by Gasteiger charge is 2.17. The van der Waals surface area contributed by atoms with Crippen LogP contribution in [-0.2, 0) is 11.2 Å². The Bertz CT molecular complexity index is 1520. The maximum atomic E-state index is 12.6. The van der Waals surface area contributed by atoms with Gasteiger partial charge in [-0.05, 0) is 62.2 Å². The lowest BCUT2D eigenvalue weighted by Gasteiger charge is -2.11. The van der Waals surface area contributed by atoms with Gasteiger partial charge in [0, 0.05) is 29.1 Å². The molecule has 2 amide bonds. The van der Waals surface area contributed by atoms with Crippen molar-refractivity contribution < 1.29 is 14.0 Å². The summed E-state index contributed by atoms with van der Waals surface area (Å²) >= 11 is 0. The van der Waals surface area contributed by atoms with Gasteiger partial charge in [0.15, 0.2) is 11.2 Å². The number of carbonyl (C=O) groups excluding carboxylic acids is 2. The van der Waals surface area contributed by atoms with Gasteiger partial charge in [-0.3, -0.25) is 9.59 Å². The molecule has 3 heterocycles. The minimum atomic E-state index is -0.574. The number of para-hydroxylation sites is 2. The summed E-state index contributed by atoms with van der Waals surface area (Å²) in [5, 5.41) is 7.14. The van der Waals surface area contributed by atoms with Gasteiger partial charge < -0.3 is 15.5 Å². The molecule has 0 aliphatic carbocycles. The zero-order valence-electron chi connectivity index (χ0n) is 18.7. The summed E-state index contributed by atoms with van der Waals surface area (Å²) in [5.74, 6) is -0.159. The lowest BCUT2D eigenvalue weighted by molar-refractivity contribution is -0.116. The number of hydrogen-bond donors (Lipinski definition) is 2. The third-order valence-corrected chi connectivity index (χ3v) is 5.79. The van der Waals surface area contributed by atoms with Gasteiger partial charge >= 0.3 is 0 Å². The molecule has 0 saturated carbocycles. The second-order valence-electron chi connectivity index (χ2n) is 8.03. The molecule has 5 aromatic rings. The van der Waals surface area contributed by atoms with Gasteiger partial charge in [0.2, 0.25) is 11.8 Å². The largest absolute Gasteiger partial charge is 0.436 e. The molecule has 0 unspecified atom stereocenters. The van der Waals surface area contributed by atoms with Gasteiger partial charge in [-0.25, -0.2) is 14.5 Å². The molecule has 0 fully saturated rings. The van der Waals surface area contributed by atoms with Crippen LogP contribution in [-0.4, -0.2) is 31.4 Å². The van der Waals surface area contributed by atoms with Gasteiger partial charge in [-0.1, -0.05) is 12.1 Å².